The van der Waals surface area contributed by atoms with Gasteiger partial charge in [0.15, 0.2) is 0 Å². The first-order chi connectivity index (χ1) is 11.8. The number of ether oxygens (including phenoxy) is 2. The van der Waals surface area contributed by atoms with Gasteiger partial charge in [-0.25, -0.2) is 9.97 Å². The zero-order valence-electron chi connectivity index (χ0n) is 14.2. The van der Waals surface area contributed by atoms with Gasteiger partial charge in [0.2, 0.25) is 5.88 Å². The summed E-state index contributed by atoms with van der Waals surface area (Å²) in [6.07, 6.45) is 3.68. The summed E-state index contributed by atoms with van der Waals surface area (Å²) in [5.41, 5.74) is 1.25. The van der Waals surface area contributed by atoms with Crippen LogP contribution in [0.5, 0.6) is 11.6 Å². The number of aromatic nitrogens is 2. The molecule has 1 aromatic heterocycles. The first kappa shape index (κ1) is 16.4. The molecule has 1 saturated heterocycles. The van der Waals surface area contributed by atoms with Crippen LogP contribution in [0.2, 0.25) is 0 Å². The minimum atomic E-state index is 0.420. The average molecular weight is 328 g/mol. The van der Waals surface area contributed by atoms with E-state index >= 15 is 0 Å². The van der Waals surface area contributed by atoms with Gasteiger partial charge in [-0.1, -0.05) is 0 Å². The zero-order valence-corrected chi connectivity index (χ0v) is 14.2. The average Bonchev–Trinajstić information content (AvgIpc) is 2.63. The SMILES string of the molecule is CCOc1cc(NC2CCN(c3ccc(OC)cc3)CC2)ncn1. The summed E-state index contributed by atoms with van der Waals surface area (Å²) >= 11 is 0. The predicted octanol–water partition coefficient (Wildman–Crippen LogP) is 2.96. The molecular formula is C18H24N4O2. The first-order valence-corrected chi connectivity index (χ1v) is 8.39. The topological polar surface area (TPSA) is 59.5 Å². The van der Waals surface area contributed by atoms with Gasteiger partial charge in [0.1, 0.15) is 17.9 Å². The standard InChI is InChI=1S/C18H24N4O2/c1-3-24-18-12-17(19-13-20-18)21-14-8-10-22(11-9-14)15-4-6-16(23-2)7-5-15/h4-7,12-14H,3,8-11H2,1-2H3,(H,19,20,21). The maximum atomic E-state index is 5.42. The molecule has 2 aromatic rings. The summed E-state index contributed by atoms with van der Waals surface area (Å²) < 4.78 is 10.6. The highest BCUT2D eigenvalue weighted by Crippen LogP contribution is 2.24. The third-order valence-electron chi connectivity index (χ3n) is 4.22. The Bertz CT molecular complexity index is 640. The van der Waals surface area contributed by atoms with E-state index in [9.17, 15) is 0 Å². The van der Waals surface area contributed by atoms with E-state index in [1.165, 1.54) is 5.69 Å². The van der Waals surface area contributed by atoms with Crippen LogP contribution in [0.25, 0.3) is 0 Å². The number of rotatable bonds is 6. The van der Waals surface area contributed by atoms with Crippen molar-refractivity contribution < 1.29 is 9.47 Å². The molecule has 1 aliphatic heterocycles. The fraction of sp³-hybridized carbons (Fsp3) is 0.444. The van der Waals surface area contributed by atoms with Crippen molar-refractivity contribution >= 4 is 11.5 Å². The molecule has 1 fully saturated rings. The minimum absolute atomic E-state index is 0.420. The number of nitrogens with zero attached hydrogens (tertiary/aromatic N) is 3. The molecule has 0 unspecified atom stereocenters. The summed E-state index contributed by atoms with van der Waals surface area (Å²) in [4.78, 5) is 10.8. The Morgan fingerprint density at radius 2 is 1.92 bits per heavy atom. The second-order valence-electron chi connectivity index (χ2n) is 5.78. The summed E-state index contributed by atoms with van der Waals surface area (Å²) in [5.74, 6) is 2.34. The number of methoxy groups -OCH3 is 1. The number of piperidine rings is 1. The van der Waals surface area contributed by atoms with Crippen molar-refractivity contribution in [3.05, 3.63) is 36.7 Å². The van der Waals surface area contributed by atoms with E-state index in [-0.39, 0.29) is 0 Å². The predicted molar refractivity (Wildman–Crippen MR) is 95.1 cm³/mol. The molecule has 0 amide bonds. The van der Waals surface area contributed by atoms with Crippen LogP contribution in [0.15, 0.2) is 36.7 Å². The van der Waals surface area contributed by atoms with Gasteiger partial charge in [0.25, 0.3) is 0 Å². The van der Waals surface area contributed by atoms with Crippen LogP contribution in [-0.2, 0) is 0 Å². The quantitative estimate of drug-likeness (QED) is 0.880. The van der Waals surface area contributed by atoms with Crippen molar-refractivity contribution in [2.24, 2.45) is 0 Å². The largest absolute Gasteiger partial charge is 0.497 e. The Balaban J connectivity index is 1.54. The van der Waals surface area contributed by atoms with Gasteiger partial charge in [0.05, 0.1) is 13.7 Å². The van der Waals surface area contributed by atoms with Crippen molar-refractivity contribution in [3.8, 4) is 11.6 Å². The minimum Gasteiger partial charge on any atom is -0.497 e. The lowest BCUT2D eigenvalue weighted by Crippen LogP contribution is -2.39. The number of nitrogens with one attached hydrogen (secondary N) is 1. The van der Waals surface area contributed by atoms with Crippen molar-refractivity contribution in [1.29, 1.82) is 0 Å². The molecule has 0 saturated carbocycles. The molecule has 3 rings (SSSR count). The van der Waals surface area contributed by atoms with Crippen molar-refractivity contribution in [2.45, 2.75) is 25.8 Å². The highest BCUT2D eigenvalue weighted by molar-refractivity contribution is 5.49. The molecule has 6 nitrogen and oxygen atoms in total. The maximum absolute atomic E-state index is 5.42. The number of anilines is 2. The lowest BCUT2D eigenvalue weighted by Gasteiger charge is -2.34. The second-order valence-corrected chi connectivity index (χ2v) is 5.78. The fourth-order valence-corrected chi connectivity index (χ4v) is 2.93. The van der Waals surface area contributed by atoms with Crippen molar-refractivity contribution in [2.75, 3.05) is 37.0 Å². The van der Waals surface area contributed by atoms with Crippen LogP contribution in [0.3, 0.4) is 0 Å². The molecular weight excluding hydrogens is 304 g/mol. The van der Waals surface area contributed by atoms with E-state index in [0.717, 1.165) is 37.5 Å². The van der Waals surface area contributed by atoms with Crippen LogP contribution in [0.4, 0.5) is 11.5 Å². The van der Waals surface area contributed by atoms with Crippen molar-refractivity contribution in [3.63, 3.8) is 0 Å². The van der Waals surface area contributed by atoms with Crippen LogP contribution < -0.4 is 19.7 Å². The second kappa shape index (κ2) is 7.86. The van der Waals surface area contributed by atoms with Gasteiger partial charge in [-0.2, -0.15) is 0 Å². The molecule has 24 heavy (non-hydrogen) atoms. The molecule has 128 valence electrons. The Kier molecular flexibility index (Phi) is 5.36. The lowest BCUT2D eigenvalue weighted by atomic mass is 10.0. The Hall–Kier alpha value is -2.50. The van der Waals surface area contributed by atoms with Gasteiger partial charge in [0, 0.05) is 30.9 Å². The summed E-state index contributed by atoms with van der Waals surface area (Å²) in [5, 5.41) is 3.49. The Morgan fingerprint density at radius 3 is 2.58 bits per heavy atom. The summed E-state index contributed by atoms with van der Waals surface area (Å²) in [6.45, 7) is 4.60. The third-order valence-corrected chi connectivity index (χ3v) is 4.22. The van der Waals surface area contributed by atoms with E-state index in [0.29, 0.717) is 18.5 Å². The molecule has 1 aliphatic rings. The molecule has 1 N–H and O–H groups in total. The van der Waals surface area contributed by atoms with Gasteiger partial charge < -0.3 is 19.7 Å². The molecule has 6 heteroatoms. The first-order valence-electron chi connectivity index (χ1n) is 8.39. The Morgan fingerprint density at radius 1 is 1.17 bits per heavy atom. The van der Waals surface area contributed by atoms with Crippen LogP contribution in [0, 0.1) is 0 Å². The van der Waals surface area contributed by atoms with Crippen LogP contribution in [-0.4, -0.2) is 42.8 Å². The molecule has 1 aromatic carbocycles. The van der Waals surface area contributed by atoms with Gasteiger partial charge in [-0.3, -0.25) is 0 Å². The molecule has 0 radical (unpaired) electrons. The van der Waals surface area contributed by atoms with Crippen LogP contribution >= 0.6 is 0 Å². The Labute approximate surface area is 142 Å². The number of hydrogen-bond acceptors (Lipinski definition) is 6. The highest BCUT2D eigenvalue weighted by atomic mass is 16.5. The fourth-order valence-electron chi connectivity index (χ4n) is 2.93. The van der Waals surface area contributed by atoms with Crippen LogP contribution in [0.1, 0.15) is 19.8 Å². The number of hydrogen-bond donors (Lipinski definition) is 1. The van der Waals surface area contributed by atoms with Gasteiger partial charge in [-0.15, -0.1) is 0 Å². The van der Waals surface area contributed by atoms with Crippen molar-refractivity contribution in [1.82, 2.24) is 9.97 Å². The maximum Gasteiger partial charge on any atom is 0.218 e. The molecule has 2 heterocycles. The summed E-state index contributed by atoms with van der Waals surface area (Å²) in [7, 11) is 1.69. The van der Waals surface area contributed by atoms with E-state index < -0.39 is 0 Å². The van der Waals surface area contributed by atoms with Gasteiger partial charge in [-0.05, 0) is 44.0 Å². The van der Waals surface area contributed by atoms with E-state index in [4.69, 9.17) is 9.47 Å². The molecule has 0 bridgehead atoms. The zero-order chi connectivity index (χ0) is 16.8. The molecule has 0 aliphatic carbocycles. The smallest absolute Gasteiger partial charge is 0.218 e. The molecule has 0 spiro atoms. The number of benzene rings is 1. The van der Waals surface area contributed by atoms with E-state index in [1.54, 1.807) is 13.4 Å². The van der Waals surface area contributed by atoms with Gasteiger partial charge >= 0.3 is 0 Å². The highest BCUT2D eigenvalue weighted by Gasteiger charge is 2.19. The summed E-state index contributed by atoms with van der Waals surface area (Å²) in [6, 6.07) is 10.5. The molecule has 0 atom stereocenters. The lowest BCUT2D eigenvalue weighted by molar-refractivity contribution is 0.326. The monoisotopic (exact) mass is 328 g/mol. The normalized spacial score (nSPS) is 15.2. The van der Waals surface area contributed by atoms with E-state index in [2.05, 4.69) is 32.3 Å². The van der Waals surface area contributed by atoms with E-state index in [1.807, 2.05) is 25.1 Å². The third kappa shape index (κ3) is 4.07.